The van der Waals surface area contributed by atoms with Crippen molar-refractivity contribution in [3.8, 4) is 11.8 Å². The van der Waals surface area contributed by atoms with Gasteiger partial charge in [0.25, 0.3) is 5.69 Å². The van der Waals surface area contributed by atoms with Crippen molar-refractivity contribution in [3.05, 3.63) is 39.4 Å². The zero-order chi connectivity index (χ0) is 12.1. The fourth-order valence-electron chi connectivity index (χ4n) is 1.11. The lowest BCUT2D eigenvalue weighted by atomic mass is 10.1. The smallest absolute Gasteiger partial charge is 0.271 e. The first-order chi connectivity index (χ1) is 7.60. The third-order valence-electron chi connectivity index (χ3n) is 1.83. The Morgan fingerprint density at radius 3 is 2.56 bits per heavy atom. The number of phenolic OH excluding ortho intramolecular Hbond substituents is 1. The van der Waals surface area contributed by atoms with Gasteiger partial charge in [0.15, 0.2) is 6.29 Å². The Morgan fingerprint density at radius 2 is 2.06 bits per heavy atom. The molecular formula is C10H6N2O4. The van der Waals surface area contributed by atoms with E-state index in [-0.39, 0.29) is 22.6 Å². The van der Waals surface area contributed by atoms with Crippen molar-refractivity contribution in [3.63, 3.8) is 0 Å². The van der Waals surface area contributed by atoms with Crippen molar-refractivity contribution in [2.45, 2.75) is 0 Å². The highest BCUT2D eigenvalue weighted by atomic mass is 16.6. The van der Waals surface area contributed by atoms with Crippen molar-refractivity contribution in [2.75, 3.05) is 0 Å². The molecule has 0 bridgehead atoms. The summed E-state index contributed by atoms with van der Waals surface area (Å²) < 4.78 is 0. The molecule has 0 saturated heterocycles. The monoisotopic (exact) mass is 218 g/mol. The van der Waals surface area contributed by atoms with E-state index in [9.17, 15) is 20.0 Å². The first-order valence-corrected chi connectivity index (χ1v) is 4.13. The van der Waals surface area contributed by atoms with E-state index < -0.39 is 4.92 Å². The zero-order valence-electron chi connectivity index (χ0n) is 7.95. The highest BCUT2D eigenvalue weighted by Crippen LogP contribution is 2.28. The van der Waals surface area contributed by atoms with E-state index in [0.29, 0.717) is 6.29 Å². The van der Waals surface area contributed by atoms with Gasteiger partial charge in [-0.3, -0.25) is 14.9 Å². The zero-order valence-corrected chi connectivity index (χ0v) is 7.95. The van der Waals surface area contributed by atoms with Gasteiger partial charge < -0.3 is 5.11 Å². The second kappa shape index (κ2) is 4.70. The van der Waals surface area contributed by atoms with Gasteiger partial charge in [0.2, 0.25) is 0 Å². The number of benzene rings is 1. The molecule has 6 nitrogen and oxygen atoms in total. The SMILES string of the molecule is N#CC=Cc1cc([N+](=O)[O-])cc(C=O)c1O. The van der Waals surface area contributed by atoms with E-state index in [2.05, 4.69) is 0 Å². The van der Waals surface area contributed by atoms with Gasteiger partial charge in [-0.1, -0.05) is 0 Å². The molecule has 1 aromatic carbocycles. The van der Waals surface area contributed by atoms with Crippen LogP contribution in [0.4, 0.5) is 5.69 Å². The number of nitriles is 1. The van der Waals surface area contributed by atoms with Crippen LogP contribution in [0.5, 0.6) is 5.75 Å². The molecule has 0 aliphatic rings. The predicted octanol–water partition coefficient (Wildman–Crippen LogP) is 1.65. The second-order valence-corrected chi connectivity index (χ2v) is 2.81. The van der Waals surface area contributed by atoms with Crippen LogP contribution in [0.2, 0.25) is 0 Å². The minimum absolute atomic E-state index is 0.0536. The van der Waals surface area contributed by atoms with E-state index in [1.165, 1.54) is 6.08 Å². The Hall–Kier alpha value is -2.68. The Labute approximate surface area is 90.2 Å². The fraction of sp³-hybridized carbons (Fsp3) is 0. The van der Waals surface area contributed by atoms with Crippen molar-refractivity contribution < 1.29 is 14.8 Å². The predicted molar refractivity (Wildman–Crippen MR) is 54.8 cm³/mol. The number of nitrogens with zero attached hydrogens (tertiary/aromatic N) is 2. The highest BCUT2D eigenvalue weighted by molar-refractivity contribution is 5.84. The molecule has 0 amide bonds. The molecule has 0 aromatic heterocycles. The number of nitro benzene ring substituents is 1. The van der Waals surface area contributed by atoms with Gasteiger partial charge in [0, 0.05) is 23.8 Å². The maximum atomic E-state index is 10.6. The van der Waals surface area contributed by atoms with Crippen molar-refractivity contribution >= 4 is 18.0 Å². The van der Waals surface area contributed by atoms with Crippen LogP contribution >= 0.6 is 0 Å². The molecule has 0 fully saturated rings. The number of rotatable bonds is 3. The molecular weight excluding hydrogens is 212 g/mol. The molecule has 0 heterocycles. The largest absolute Gasteiger partial charge is 0.507 e. The molecule has 0 saturated carbocycles. The van der Waals surface area contributed by atoms with Gasteiger partial charge in [-0.2, -0.15) is 5.26 Å². The van der Waals surface area contributed by atoms with Crippen LogP contribution in [0.15, 0.2) is 18.2 Å². The minimum atomic E-state index is -0.684. The van der Waals surface area contributed by atoms with Gasteiger partial charge >= 0.3 is 0 Å². The summed E-state index contributed by atoms with van der Waals surface area (Å²) in [5, 5.41) is 28.3. The van der Waals surface area contributed by atoms with E-state index in [1.807, 2.05) is 0 Å². The molecule has 1 rings (SSSR count). The topological polar surface area (TPSA) is 104 Å². The van der Waals surface area contributed by atoms with Crippen molar-refractivity contribution in [2.24, 2.45) is 0 Å². The number of carbonyl (C=O) groups excluding carboxylic acids is 1. The van der Waals surface area contributed by atoms with Gasteiger partial charge in [0.1, 0.15) is 5.75 Å². The summed E-state index contributed by atoms with van der Waals surface area (Å²) in [7, 11) is 0. The molecule has 80 valence electrons. The molecule has 0 atom stereocenters. The summed E-state index contributed by atoms with van der Waals surface area (Å²) in [5.41, 5.74) is -0.456. The van der Waals surface area contributed by atoms with Crippen LogP contribution in [0.25, 0.3) is 6.08 Å². The van der Waals surface area contributed by atoms with Gasteiger partial charge in [-0.05, 0) is 6.08 Å². The van der Waals surface area contributed by atoms with Crippen LogP contribution in [-0.4, -0.2) is 16.3 Å². The Balaban J connectivity index is 3.42. The maximum Gasteiger partial charge on any atom is 0.271 e. The summed E-state index contributed by atoms with van der Waals surface area (Å²) >= 11 is 0. The number of aromatic hydroxyl groups is 1. The lowest BCUT2D eigenvalue weighted by Gasteiger charge is -2.01. The summed E-state index contributed by atoms with van der Waals surface area (Å²) in [6, 6.07) is 3.72. The lowest BCUT2D eigenvalue weighted by Crippen LogP contribution is -1.92. The second-order valence-electron chi connectivity index (χ2n) is 2.81. The molecule has 0 radical (unpaired) electrons. The third-order valence-corrected chi connectivity index (χ3v) is 1.83. The van der Waals surface area contributed by atoms with Crippen LogP contribution in [0.3, 0.4) is 0 Å². The number of nitro groups is 1. The maximum absolute atomic E-state index is 10.6. The van der Waals surface area contributed by atoms with E-state index in [4.69, 9.17) is 5.26 Å². The van der Waals surface area contributed by atoms with Gasteiger partial charge in [0.05, 0.1) is 16.6 Å². The van der Waals surface area contributed by atoms with Crippen LogP contribution in [0.1, 0.15) is 15.9 Å². The van der Waals surface area contributed by atoms with E-state index in [1.54, 1.807) is 6.07 Å². The molecule has 1 N–H and O–H groups in total. The Bertz CT molecular complexity index is 514. The van der Waals surface area contributed by atoms with E-state index in [0.717, 1.165) is 18.2 Å². The molecule has 0 aliphatic heterocycles. The third kappa shape index (κ3) is 2.22. The quantitative estimate of drug-likeness (QED) is 0.359. The first-order valence-electron chi connectivity index (χ1n) is 4.13. The average Bonchev–Trinajstić information content (AvgIpc) is 2.27. The van der Waals surface area contributed by atoms with Gasteiger partial charge in [-0.15, -0.1) is 0 Å². The normalized spacial score (nSPS) is 9.94. The summed E-state index contributed by atoms with van der Waals surface area (Å²) in [5.74, 6) is -0.382. The Kier molecular flexibility index (Phi) is 3.35. The van der Waals surface area contributed by atoms with Crippen LogP contribution < -0.4 is 0 Å². The minimum Gasteiger partial charge on any atom is -0.507 e. The summed E-state index contributed by atoms with van der Waals surface area (Å²) in [6.07, 6.45) is 2.55. The molecule has 0 unspecified atom stereocenters. The molecule has 1 aromatic rings. The number of allylic oxidation sites excluding steroid dienone is 1. The molecule has 16 heavy (non-hydrogen) atoms. The standard InChI is InChI=1S/C10H6N2O4/c11-3-1-2-7-4-9(12(15)16)5-8(6-13)10(7)14/h1-2,4-6,14H. The van der Waals surface area contributed by atoms with Crippen molar-refractivity contribution in [1.82, 2.24) is 0 Å². The number of hydrogen-bond donors (Lipinski definition) is 1. The molecule has 6 heteroatoms. The van der Waals surface area contributed by atoms with E-state index >= 15 is 0 Å². The van der Waals surface area contributed by atoms with Crippen molar-refractivity contribution in [1.29, 1.82) is 5.26 Å². The summed E-state index contributed by atoms with van der Waals surface area (Å²) in [4.78, 5) is 20.4. The average molecular weight is 218 g/mol. The van der Waals surface area contributed by atoms with Crippen LogP contribution in [-0.2, 0) is 0 Å². The number of hydrogen-bond acceptors (Lipinski definition) is 5. The lowest BCUT2D eigenvalue weighted by molar-refractivity contribution is -0.384. The summed E-state index contributed by atoms with van der Waals surface area (Å²) in [6.45, 7) is 0. The molecule has 0 spiro atoms. The van der Waals surface area contributed by atoms with Gasteiger partial charge in [-0.25, -0.2) is 0 Å². The van der Waals surface area contributed by atoms with Crippen LogP contribution in [0, 0.1) is 21.4 Å². The Morgan fingerprint density at radius 1 is 1.44 bits per heavy atom. The molecule has 0 aliphatic carbocycles. The fourth-order valence-corrected chi connectivity index (χ4v) is 1.11. The number of non-ortho nitro benzene ring substituents is 1. The first kappa shape index (κ1) is 11.4. The number of carbonyl (C=O) groups is 1. The number of phenols is 1. The highest BCUT2D eigenvalue weighted by Gasteiger charge is 2.14. The number of aldehydes is 1.